The number of piperidine rings is 1. The molecule has 1 saturated carbocycles. The van der Waals surface area contributed by atoms with E-state index < -0.39 is 21.7 Å². The molecular formula is C22H27FN4O3S. The van der Waals surface area contributed by atoms with Crippen LogP contribution in [0.3, 0.4) is 0 Å². The van der Waals surface area contributed by atoms with E-state index in [2.05, 4.69) is 15.2 Å². The van der Waals surface area contributed by atoms with Crippen LogP contribution in [0, 0.1) is 11.7 Å². The number of benzene rings is 1. The van der Waals surface area contributed by atoms with Crippen LogP contribution in [0.1, 0.15) is 36.0 Å². The molecule has 0 bridgehead atoms. The molecular weight excluding hydrogens is 419 g/mol. The van der Waals surface area contributed by atoms with Crippen molar-refractivity contribution in [1.82, 2.24) is 9.88 Å². The number of halogens is 1. The first-order chi connectivity index (χ1) is 14.8. The van der Waals surface area contributed by atoms with Gasteiger partial charge in [-0.15, -0.1) is 0 Å². The highest BCUT2D eigenvalue weighted by atomic mass is 32.2. The molecule has 1 aromatic carbocycles. The average molecular weight is 447 g/mol. The van der Waals surface area contributed by atoms with Crippen molar-refractivity contribution in [2.45, 2.75) is 31.7 Å². The second kappa shape index (κ2) is 8.92. The molecule has 0 radical (unpaired) electrons. The highest BCUT2D eigenvalue weighted by molar-refractivity contribution is 7.92. The van der Waals surface area contributed by atoms with Gasteiger partial charge < -0.3 is 10.2 Å². The number of likely N-dealkylation sites (tertiary alicyclic amines) is 1. The number of aromatic nitrogens is 1. The lowest BCUT2D eigenvalue weighted by atomic mass is 10.0. The number of carbonyl (C=O) groups is 1. The molecule has 9 heteroatoms. The van der Waals surface area contributed by atoms with Gasteiger partial charge >= 0.3 is 0 Å². The number of hydrogen-bond acceptors (Lipinski definition) is 5. The van der Waals surface area contributed by atoms with Gasteiger partial charge in [0.25, 0.3) is 5.91 Å². The van der Waals surface area contributed by atoms with Gasteiger partial charge in [0.1, 0.15) is 17.5 Å². The molecule has 0 spiro atoms. The molecule has 1 amide bonds. The van der Waals surface area contributed by atoms with Crippen molar-refractivity contribution in [2.24, 2.45) is 5.92 Å². The zero-order valence-electron chi connectivity index (χ0n) is 17.5. The number of nitrogens with one attached hydrogen (secondary N) is 1. The molecule has 1 N–H and O–H groups in total. The van der Waals surface area contributed by atoms with Crippen LogP contribution < -0.4 is 9.62 Å². The monoisotopic (exact) mass is 446 g/mol. The first-order valence-electron chi connectivity index (χ1n) is 10.6. The van der Waals surface area contributed by atoms with Crippen molar-refractivity contribution in [1.29, 1.82) is 0 Å². The van der Waals surface area contributed by atoms with E-state index in [1.807, 2.05) is 0 Å². The Hall–Kier alpha value is -2.52. The maximum Gasteiger partial charge on any atom is 0.256 e. The maximum absolute atomic E-state index is 13.1. The van der Waals surface area contributed by atoms with Crippen molar-refractivity contribution < 1.29 is 17.6 Å². The van der Waals surface area contributed by atoms with Crippen LogP contribution in [-0.4, -0.2) is 56.1 Å². The Labute approximate surface area is 182 Å². The molecule has 7 nitrogen and oxygen atoms in total. The fourth-order valence-corrected chi connectivity index (χ4v) is 5.23. The van der Waals surface area contributed by atoms with Gasteiger partial charge in [0.05, 0.1) is 6.26 Å². The zero-order valence-corrected chi connectivity index (χ0v) is 18.3. The smallest absolute Gasteiger partial charge is 0.256 e. The average Bonchev–Trinajstić information content (AvgIpc) is 3.53. The minimum Gasteiger partial charge on any atom is -0.306 e. The predicted molar refractivity (Wildman–Crippen MR) is 118 cm³/mol. The third kappa shape index (κ3) is 5.59. The standard InChI is InChI=1S/C22H27FN4O3S/c1-31(29,30)27(19-11-13-26(14-12-19)15-16-5-6-16)21-4-2-3-20(24-21)25-22(28)17-7-9-18(23)10-8-17/h2-4,7-10,16,19H,5-6,11-15H2,1H3,(H,24,25,28). The lowest BCUT2D eigenvalue weighted by molar-refractivity contribution is 0.102. The lowest BCUT2D eigenvalue weighted by Gasteiger charge is -2.37. The molecule has 2 heterocycles. The van der Waals surface area contributed by atoms with Gasteiger partial charge in [0, 0.05) is 31.2 Å². The number of anilines is 2. The molecule has 1 aliphatic heterocycles. The molecule has 2 aliphatic rings. The van der Waals surface area contributed by atoms with E-state index in [1.165, 1.54) is 47.7 Å². The van der Waals surface area contributed by atoms with Crippen LogP contribution >= 0.6 is 0 Å². The molecule has 1 aliphatic carbocycles. The topological polar surface area (TPSA) is 82.6 Å². The summed E-state index contributed by atoms with van der Waals surface area (Å²) in [7, 11) is -3.55. The van der Waals surface area contributed by atoms with E-state index in [1.54, 1.807) is 18.2 Å². The normalized spacial score (nSPS) is 18.0. The number of carbonyl (C=O) groups excluding carboxylic acids is 1. The maximum atomic E-state index is 13.1. The molecule has 2 fully saturated rings. The van der Waals surface area contributed by atoms with Gasteiger partial charge in [-0.2, -0.15) is 0 Å². The fraction of sp³-hybridized carbons (Fsp3) is 0.455. The third-order valence-electron chi connectivity index (χ3n) is 5.77. The number of hydrogen-bond donors (Lipinski definition) is 1. The largest absolute Gasteiger partial charge is 0.306 e. The van der Waals surface area contributed by atoms with E-state index in [-0.39, 0.29) is 17.4 Å². The number of rotatable bonds is 7. The fourth-order valence-electron chi connectivity index (χ4n) is 4.04. The van der Waals surface area contributed by atoms with Crippen LogP contribution in [0.5, 0.6) is 0 Å². The summed E-state index contributed by atoms with van der Waals surface area (Å²) in [5.74, 6) is 0.477. The molecule has 166 valence electrons. The molecule has 0 atom stereocenters. The van der Waals surface area contributed by atoms with Crippen molar-refractivity contribution >= 4 is 27.6 Å². The summed E-state index contributed by atoms with van der Waals surface area (Å²) in [6.07, 6.45) is 5.28. The molecule has 1 aromatic heterocycles. The summed E-state index contributed by atoms with van der Waals surface area (Å²) < 4.78 is 39.7. The number of nitrogens with zero attached hydrogens (tertiary/aromatic N) is 3. The van der Waals surface area contributed by atoms with Gasteiger partial charge in [-0.1, -0.05) is 6.07 Å². The Bertz CT molecular complexity index is 1030. The first kappa shape index (κ1) is 21.7. The van der Waals surface area contributed by atoms with Crippen LogP contribution in [0.25, 0.3) is 0 Å². The van der Waals surface area contributed by atoms with Crippen molar-refractivity contribution in [2.75, 3.05) is 35.5 Å². The van der Waals surface area contributed by atoms with E-state index in [0.717, 1.165) is 38.4 Å². The summed E-state index contributed by atoms with van der Waals surface area (Å²) in [4.78, 5) is 19.2. The highest BCUT2D eigenvalue weighted by Gasteiger charge is 2.33. The summed E-state index contributed by atoms with van der Waals surface area (Å²) >= 11 is 0. The van der Waals surface area contributed by atoms with Gasteiger partial charge in [0.15, 0.2) is 0 Å². The van der Waals surface area contributed by atoms with Crippen molar-refractivity contribution in [3.63, 3.8) is 0 Å². The molecule has 0 unspecified atom stereocenters. The Balaban J connectivity index is 1.49. The second-order valence-electron chi connectivity index (χ2n) is 8.38. The molecule has 2 aromatic rings. The zero-order chi connectivity index (χ0) is 22.0. The number of sulfonamides is 1. The molecule has 1 saturated heterocycles. The second-order valence-corrected chi connectivity index (χ2v) is 10.2. The number of amides is 1. The van der Waals surface area contributed by atoms with Gasteiger partial charge in [-0.25, -0.2) is 17.8 Å². The summed E-state index contributed by atoms with van der Waals surface area (Å²) in [5, 5.41) is 2.66. The third-order valence-corrected chi connectivity index (χ3v) is 6.97. The van der Waals surface area contributed by atoms with E-state index >= 15 is 0 Å². The number of pyridine rings is 1. The van der Waals surface area contributed by atoms with Gasteiger partial charge in [-0.3, -0.25) is 9.10 Å². The van der Waals surface area contributed by atoms with Crippen LogP contribution in [0.15, 0.2) is 42.5 Å². The van der Waals surface area contributed by atoms with E-state index in [9.17, 15) is 17.6 Å². The quantitative estimate of drug-likeness (QED) is 0.707. The van der Waals surface area contributed by atoms with Crippen LogP contribution in [0.2, 0.25) is 0 Å². The van der Waals surface area contributed by atoms with Crippen LogP contribution in [-0.2, 0) is 10.0 Å². The summed E-state index contributed by atoms with van der Waals surface area (Å²) in [5.41, 5.74) is 0.289. The van der Waals surface area contributed by atoms with Gasteiger partial charge in [0.2, 0.25) is 10.0 Å². The van der Waals surface area contributed by atoms with Crippen molar-refractivity contribution in [3.8, 4) is 0 Å². The van der Waals surface area contributed by atoms with E-state index in [4.69, 9.17) is 0 Å². The Kier molecular flexibility index (Phi) is 6.24. The van der Waals surface area contributed by atoms with Crippen molar-refractivity contribution in [3.05, 3.63) is 53.8 Å². The minimum absolute atomic E-state index is 0.166. The Morgan fingerprint density at radius 2 is 1.81 bits per heavy atom. The Morgan fingerprint density at radius 1 is 1.13 bits per heavy atom. The van der Waals surface area contributed by atoms with Gasteiger partial charge in [-0.05, 0) is 68.0 Å². The SMILES string of the molecule is CS(=O)(=O)N(c1cccc(NC(=O)c2ccc(F)cc2)n1)C1CCN(CC2CC2)CC1. The summed E-state index contributed by atoms with van der Waals surface area (Å²) in [6.45, 7) is 2.84. The highest BCUT2D eigenvalue weighted by Crippen LogP contribution is 2.32. The first-order valence-corrected chi connectivity index (χ1v) is 12.4. The van der Waals surface area contributed by atoms with Crippen LogP contribution in [0.4, 0.5) is 16.0 Å². The Morgan fingerprint density at radius 3 is 2.42 bits per heavy atom. The molecule has 4 rings (SSSR count). The lowest BCUT2D eigenvalue weighted by Crippen LogP contribution is -2.48. The van der Waals surface area contributed by atoms with E-state index in [0.29, 0.717) is 5.82 Å². The molecule has 31 heavy (non-hydrogen) atoms. The minimum atomic E-state index is -3.55. The summed E-state index contributed by atoms with van der Waals surface area (Å²) in [6, 6.07) is 9.93. The predicted octanol–water partition coefficient (Wildman–Crippen LogP) is 3.11.